The molecule has 0 aliphatic carbocycles. The highest BCUT2D eigenvalue weighted by atomic mass is 19.4. The van der Waals surface area contributed by atoms with E-state index in [-0.39, 0.29) is 17.9 Å². The summed E-state index contributed by atoms with van der Waals surface area (Å²) >= 11 is 0. The number of nitrogens with one attached hydrogen (secondary N) is 1. The molecule has 24 heavy (non-hydrogen) atoms. The Kier molecular flexibility index (Phi) is 6.77. The Labute approximate surface area is 137 Å². The van der Waals surface area contributed by atoms with Crippen LogP contribution in [0.4, 0.5) is 13.2 Å². The first-order chi connectivity index (χ1) is 11.0. The minimum Gasteiger partial charge on any atom is -0.480 e. The minimum absolute atomic E-state index is 0.0180. The number of hydrogen-bond acceptors (Lipinski definition) is 3. The summed E-state index contributed by atoms with van der Waals surface area (Å²) in [6.07, 6.45) is -4.91. The maximum Gasteiger partial charge on any atom is 0.416 e. The molecule has 0 aromatic heterocycles. The molecule has 2 atom stereocenters. The average molecular weight is 347 g/mol. The monoisotopic (exact) mass is 347 g/mol. The maximum atomic E-state index is 13.0. The molecule has 3 N–H and O–H groups in total. The van der Waals surface area contributed by atoms with Crippen LogP contribution in [0.2, 0.25) is 0 Å². The lowest BCUT2D eigenvalue weighted by atomic mass is 9.97. The molecule has 1 rings (SSSR count). The third-order valence-corrected chi connectivity index (χ3v) is 3.45. The van der Waals surface area contributed by atoms with Crippen LogP contribution in [-0.2, 0) is 22.2 Å². The lowest BCUT2D eigenvalue weighted by Crippen LogP contribution is -2.49. The van der Waals surface area contributed by atoms with E-state index >= 15 is 0 Å². The van der Waals surface area contributed by atoms with Gasteiger partial charge in [-0.3, -0.25) is 14.9 Å². The third kappa shape index (κ3) is 5.84. The summed E-state index contributed by atoms with van der Waals surface area (Å²) < 4.78 is 39.0. The van der Waals surface area contributed by atoms with Crippen molar-refractivity contribution in [1.29, 1.82) is 0 Å². The molecule has 5 nitrogen and oxygen atoms in total. The molecule has 0 bridgehead atoms. The van der Waals surface area contributed by atoms with Crippen molar-refractivity contribution in [2.24, 2.45) is 5.92 Å². The molecule has 2 unspecified atom stereocenters. The van der Waals surface area contributed by atoms with Crippen LogP contribution in [0, 0.1) is 5.92 Å². The smallest absolute Gasteiger partial charge is 0.416 e. The van der Waals surface area contributed by atoms with E-state index in [0.29, 0.717) is 0 Å². The highest BCUT2D eigenvalue weighted by molar-refractivity contribution is 5.77. The Morgan fingerprint density at radius 2 is 1.62 bits per heavy atom. The normalized spacial score (nSPS) is 14.4. The number of benzene rings is 1. The van der Waals surface area contributed by atoms with E-state index < -0.39 is 42.2 Å². The first kappa shape index (κ1) is 20.0. The number of hydrogen-bond donors (Lipinski definition) is 3. The third-order valence-electron chi connectivity index (χ3n) is 3.45. The molecule has 8 heteroatoms. The zero-order chi connectivity index (χ0) is 18.5. The molecule has 0 saturated carbocycles. The van der Waals surface area contributed by atoms with Gasteiger partial charge in [-0.25, -0.2) is 0 Å². The van der Waals surface area contributed by atoms with Gasteiger partial charge in [-0.15, -0.1) is 0 Å². The molecule has 0 aliphatic rings. The molecule has 0 radical (unpaired) electrons. The molecule has 0 spiro atoms. The first-order valence-electron chi connectivity index (χ1n) is 7.39. The molecule has 0 heterocycles. The SMILES string of the molecule is CC(C)CC(NC(Cc1ccccc1C(F)(F)F)C(=O)O)C(=O)O. The van der Waals surface area contributed by atoms with E-state index in [0.717, 1.165) is 6.07 Å². The van der Waals surface area contributed by atoms with Crippen LogP contribution in [-0.4, -0.2) is 34.2 Å². The zero-order valence-electron chi connectivity index (χ0n) is 13.3. The fraction of sp³-hybridized carbons (Fsp3) is 0.500. The minimum atomic E-state index is -4.61. The van der Waals surface area contributed by atoms with Crippen molar-refractivity contribution in [1.82, 2.24) is 5.32 Å². The van der Waals surface area contributed by atoms with E-state index in [1.54, 1.807) is 13.8 Å². The Morgan fingerprint density at radius 1 is 1.08 bits per heavy atom. The van der Waals surface area contributed by atoms with Crippen LogP contribution in [0.15, 0.2) is 24.3 Å². The van der Waals surface area contributed by atoms with E-state index in [9.17, 15) is 27.9 Å². The van der Waals surface area contributed by atoms with Gasteiger partial charge in [0, 0.05) is 0 Å². The number of carboxylic acids is 2. The van der Waals surface area contributed by atoms with E-state index in [2.05, 4.69) is 5.32 Å². The number of carbonyl (C=O) groups is 2. The van der Waals surface area contributed by atoms with Crippen LogP contribution in [0.5, 0.6) is 0 Å². The summed E-state index contributed by atoms with van der Waals surface area (Å²) in [5.74, 6) is -2.66. The molecular formula is C16H20F3NO4. The molecule has 1 aromatic rings. The van der Waals surface area contributed by atoms with Crippen LogP contribution in [0.1, 0.15) is 31.4 Å². The van der Waals surface area contributed by atoms with Gasteiger partial charge < -0.3 is 10.2 Å². The number of carboxylic acid groups (broad SMARTS) is 2. The van der Waals surface area contributed by atoms with Crippen LogP contribution in [0.25, 0.3) is 0 Å². The highest BCUT2D eigenvalue weighted by Gasteiger charge is 2.35. The summed E-state index contributed by atoms with van der Waals surface area (Å²) in [5, 5.41) is 20.9. The van der Waals surface area contributed by atoms with Crippen molar-refractivity contribution >= 4 is 11.9 Å². The van der Waals surface area contributed by atoms with Gasteiger partial charge in [0.1, 0.15) is 12.1 Å². The topological polar surface area (TPSA) is 86.6 Å². The Balaban J connectivity index is 3.03. The second kappa shape index (κ2) is 8.14. The van der Waals surface area contributed by atoms with Gasteiger partial charge in [-0.1, -0.05) is 32.0 Å². The molecule has 1 aromatic carbocycles. The number of halogens is 3. The lowest BCUT2D eigenvalue weighted by Gasteiger charge is -2.23. The van der Waals surface area contributed by atoms with Crippen LogP contribution < -0.4 is 5.32 Å². The predicted octanol–water partition coefficient (Wildman–Crippen LogP) is 2.79. The van der Waals surface area contributed by atoms with Gasteiger partial charge in [0.15, 0.2) is 0 Å². The van der Waals surface area contributed by atoms with Crippen molar-refractivity contribution < 1.29 is 33.0 Å². The summed E-state index contributed by atoms with van der Waals surface area (Å²) in [7, 11) is 0. The Hall–Kier alpha value is -2.09. The van der Waals surface area contributed by atoms with E-state index in [1.807, 2.05) is 0 Å². The largest absolute Gasteiger partial charge is 0.480 e. The summed E-state index contributed by atoms with van der Waals surface area (Å²) in [6.45, 7) is 3.54. The second-order valence-corrected chi connectivity index (χ2v) is 5.94. The molecular weight excluding hydrogens is 327 g/mol. The van der Waals surface area contributed by atoms with Crippen molar-refractivity contribution in [3.63, 3.8) is 0 Å². The quantitative estimate of drug-likeness (QED) is 0.673. The molecule has 0 amide bonds. The number of rotatable bonds is 8. The predicted molar refractivity (Wildman–Crippen MR) is 80.6 cm³/mol. The van der Waals surface area contributed by atoms with Gasteiger partial charge in [0.05, 0.1) is 5.56 Å². The maximum absolute atomic E-state index is 13.0. The van der Waals surface area contributed by atoms with Crippen molar-refractivity contribution in [3.05, 3.63) is 35.4 Å². The Morgan fingerprint density at radius 3 is 2.08 bits per heavy atom. The van der Waals surface area contributed by atoms with E-state index in [4.69, 9.17) is 5.11 Å². The fourth-order valence-corrected chi connectivity index (χ4v) is 2.37. The van der Waals surface area contributed by atoms with Gasteiger partial charge >= 0.3 is 18.1 Å². The highest BCUT2D eigenvalue weighted by Crippen LogP contribution is 2.32. The van der Waals surface area contributed by atoms with Crippen molar-refractivity contribution in [3.8, 4) is 0 Å². The number of alkyl halides is 3. The number of aliphatic carboxylic acids is 2. The van der Waals surface area contributed by atoms with Crippen molar-refractivity contribution in [2.75, 3.05) is 0 Å². The fourth-order valence-electron chi connectivity index (χ4n) is 2.37. The zero-order valence-corrected chi connectivity index (χ0v) is 13.3. The second-order valence-electron chi connectivity index (χ2n) is 5.94. The van der Waals surface area contributed by atoms with Crippen LogP contribution >= 0.6 is 0 Å². The lowest BCUT2D eigenvalue weighted by molar-refractivity contribution is -0.144. The Bertz CT molecular complexity index is 587. The van der Waals surface area contributed by atoms with Crippen molar-refractivity contribution in [2.45, 2.75) is 44.9 Å². The standard InChI is InChI=1S/C16H20F3NO4/c1-9(2)7-12(14(21)22)20-13(15(23)24)8-10-5-3-4-6-11(10)16(17,18)19/h3-6,9,12-13,20H,7-8H2,1-2H3,(H,21,22)(H,23,24). The summed E-state index contributed by atoms with van der Waals surface area (Å²) in [6, 6.07) is 2.08. The molecule has 0 aliphatic heterocycles. The molecule has 0 fully saturated rings. The average Bonchev–Trinajstić information content (AvgIpc) is 2.44. The molecule has 134 valence electrons. The molecule has 0 saturated heterocycles. The van der Waals surface area contributed by atoms with Gasteiger partial charge in [-0.05, 0) is 30.4 Å². The van der Waals surface area contributed by atoms with E-state index in [1.165, 1.54) is 18.2 Å². The summed E-state index contributed by atoms with van der Waals surface area (Å²) in [5.41, 5.74) is -1.12. The van der Waals surface area contributed by atoms with Gasteiger partial charge in [0.2, 0.25) is 0 Å². The first-order valence-corrected chi connectivity index (χ1v) is 7.39. The van der Waals surface area contributed by atoms with Gasteiger partial charge in [-0.2, -0.15) is 13.2 Å². The van der Waals surface area contributed by atoms with Crippen LogP contribution in [0.3, 0.4) is 0 Å². The summed E-state index contributed by atoms with van der Waals surface area (Å²) in [4.78, 5) is 22.6. The van der Waals surface area contributed by atoms with Gasteiger partial charge in [0.25, 0.3) is 0 Å².